The monoisotopic (exact) mass is 316 g/mol. The Morgan fingerprint density at radius 3 is 1.95 bits per heavy atom. The lowest BCUT2D eigenvalue weighted by atomic mass is 10.2. The SMILES string of the molecule is CC(C)OP(=O)(Oc1cccc([N+](C)(C)C)c1)OC(C)C. The van der Waals surface area contributed by atoms with Crippen LogP contribution >= 0.6 is 7.82 Å². The van der Waals surface area contributed by atoms with Gasteiger partial charge in [0.2, 0.25) is 0 Å². The zero-order chi connectivity index (χ0) is 16.3. The summed E-state index contributed by atoms with van der Waals surface area (Å²) in [6.45, 7) is 7.18. The number of benzene rings is 1. The summed E-state index contributed by atoms with van der Waals surface area (Å²) in [6, 6.07) is 7.45. The van der Waals surface area contributed by atoms with Gasteiger partial charge in [-0.3, -0.25) is 13.5 Å². The highest BCUT2D eigenvalue weighted by atomic mass is 31.2. The van der Waals surface area contributed by atoms with Crippen molar-refractivity contribution in [3.8, 4) is 5.75 Å². The summed E-state index contributed by atoms with van der Waals surface area (Å²) in [6.07, 6.45) is -0.507. The summed E-state index contributed by atoms with van der Waals surface area (Å²) in [7, 11) is 2.52. The lowest BCUT2D eigenvalue weighted by molar-refractivity contribution is 0.103. The summed E-state index contributed by atoms with van der Waals surface area (Å²) in [5.41, 5.74) is 1.04. The number of nitrogens with zero attached hydrogens (tertiary/aromatic N) is 1. The molecule has 0 atom stereocenters. The molecular weight excluding hydrogens is 289 g/mol. The van der Waals surface area contributed by atoms with Crippen LogP contribution in [0, 0.1) is 0 Å². The molecule has 0 fully saturated rings. The third kappa shape index (κ3) is 6.18. The Balaban J connectivity index is 3.01. The van der Waals surface area contributed by atoms with Gasteiger partial charge in [-0.15, -0.1) is 0 Å². The lowest BCUT2D eigenvalue weighted by Crippen LogP contribution is -2.34. The van der Waals surface area contributed by atoms with E-state index in [1.165, 1.54) is 0 Å². The second kappa shape index (κ2) is 6.93. The Labute approximate surface area is 128 Å². The highest BCUT2D eigenvalue weighted by molar-refractivity contribution is 7.49. The van der Waals surface area contributed by atoms with Gasteiger partial charge >= 0.3 is 7.82 Å². The first-order valence-electron chi connectivity index (χ1n) is 7.10. The van der Waals surface area contributed by atoms with Crippen LogP contribution in [0.5, 0.6) is 5.75 Å². The van der Waals surface area contributed by atoms with Gasteiger partial charge in [0.1, 0.15) is 11.4 Å². The Bertz CT molecular complexity index is 495. The van der Waals surface area contributed by atoms with E-state index in [0.717, 1.165) is 5.69 Å². The normalized spacial score (nSPS) is 13.0. The molecule has 0 N–H and O–H groups in total. The molecule has 0 spiro atoms. The number of phosphoric acid groups is 1. The van der Waals surface area contributed by atoms with Gasteiger partial charge in [-0.05, 0) is 39.8 Å². The predicted molar refractivity (Wildman–Crippen MR) is 86.7 cm³/mol. The fourth-order valence-corrected chi connectivity index (χ4v) is 3.21. The highest BCUT2D eigenvalue weighted by Gasteiger charge is 2.32. The molecule has 0 saturated carbocycles. The largest absolute Gasteiger partial charge is 0.530 e. The topological polar surface area (TPSA) is 44.8 Å². The standard InChI is InChI=1S/C15H27NO4P/c1-12(2)18-21(17,19-13(3)4)20-15-10-8-9-14(11-15)16(5,6)7/h8-13H,1-7H3/q+1. The van der Waals surface area contributed by atoms with Gasteiger partial charge in [-0.1, -0.05) is 6.07 Å². The van der Waals surface area contributed by atoms with Gasteiger partial charge < -0.3 is 4.52 Å². The van der Waals surface area contributed by atoms with Gasteiger partial charge in [0.15, 0.2) is 0 Å². The zero-order valence-corrected chi connectivity index (χ0v) is 14.9. The van der Waals surface area contributed by atoms with Crippen molar-refractivity contribution < 1.29 is 18.1 Å². The van der Waals surface area contributed by atoms with Crippen molar-refractivity contribution in [1.29, 1.82) is 0 Å². The molecule has 0 aliphatic heterocycles. The molecule has 1 rings (SSSR count). The average Bonchev–Trinajstić information content (AvgIpc) is 2.24. The van der Waals surface area contributed by atoms with E-state index >= 15 is 0 Å². The fraction of sp³-hybridized carbons (Fsp3) is 0.600. The van der Waals surface area contributed by atoms with E-state index in [2.05, 4.69) is 0 Å². The van der Waals surface area contributed by atoms with Crippen molar-refractivity contribution in [1.82, 2.24) is 4.48 Å². The zero-order valence-electron chi connectivity index (χ0n) is 14.0. The molecule has 0 heterocycles. The van der Waals surface area contributed by atoms with Crippen molar-refractivity contribution in [2.75, 3.05) is 21.1 Å². The lowest BCUT2D eigenvalue weighted by Gasteiger charge is -2.25. The molecule has 0 radical (unpaired) electrons. The Hall–Kier alpha value is -0.870. The number of hydrogen-bond donors (Lipinski definition) is 0. The molecule has 120 valence electrons. The van der Waals surface area contributed by atoms with Gasteiger partial charge in [-0.25, -0.2) is 4.57 Å². The van der Waals surface area contributed by atoms with Crippen LogP contribution in [0.4, 0.5) is 5.69 Å². The smallest absolute Gasteiger partial charge is 0.404 e. The Kier molecular flexibility index (Phi) is 6.00. The molecule has 0 bridgehead atoms. The van der Waals surface area contributed by atoms with E-state index < -0.39 is 7.82 Å². The van der Waals surface area contributed by atoms with Crippen LogP contribution in [0.15, 0.2) is 24.3 Å². The number of phosphoric ester groups is 1. The first-order valence-corrected chi connectivity index (χ1v) is 8.56. The van der Waals surface area contributed by atoms with Crippen LogP contribution in [0.25, 0.3) is 0 Å². The van der Waals surface area contributed by atoms with Gasteiger partial charge in [-0.2, -0.15) is 0 Å². The van der Waals surface area contributed by atoms with Crippen molar-refractivity contribution in [2.45, 2.75) is 39.9 Å². The van der Waals surface area contributed by atoms with Crippen molar-refractivity contribution >= 4 is 13.5 Å². The maximum Gasteiger partial charge on any atom is 0.530 e. The molecule has 6 heteroatoms. The van der Waals surface area contributed by atoms with E-state index in [1.807, 2.05) is 39.3 Å². The minimum absolute atomic E-state index is 0.254. The van der Waals surface area contributed by atoms with Crippen LogP contribution in [0.3, 0.4) is 0 Å². The number of rotatable bonds is 7. The van der Waals surface area contributed by atoms with Crippen LogP contribution in [0.2, 0.25) is 0 Å². The molecule has 1 aromatic rings. The maximum absolute atomic E-state index is 12.7. The third-order valence-corrected chi connectivity index (χ3v) is 4.28. The summed E-state index contributed by atoms with van der Waals surface area (Å²) >= 11 is 0. The second-order valence-corrected chi connectivity index (χ2v) is 7.86. The van der Waals surface area contributed by atoms with Crippen LogP contribution in [-0.2, 0) is 13.6 Å². The first-order chi connectivity index (χ1) is 9.52. The second-order valence-electron chi connectivity index (χ2n) is 6.36. The van der Waals surface area contributed by atoms with E-state index in [0.29, 0.717) is 10.2 Å². The van der Waals surface area contributed by atoms with Crippen molar-refractivity contribution in [3.05, 3.63) is 24.3 Å². The van der Waals surface area contributed by atoms with Gasteiger partial charge in [0, 0.05) is 6.07 Å². The summed E-state index contributed by atoms with van der Waals surface area (Å²) in [5, 5.41) is 0. The van der Waals surface area contributed by atoms with Gasteiger partial charge in [0.25, 0.3) is 0 Å². The van der Waals surface area contributed by atoms with Crippen molar-refractivity contribution in [2.24, 2.45) is 0 Å². The highest BCUT2D eigenvalue weighted by Crippen LogP contribution is 2.51. The minimum Gasteiger partial charge on any atom is -0.404 e. The van der Waals surface area contributed by atoms with E-state index in [1.54, 1.807) is 33.8 Å². The molecule has 1 aromatic carbocycles. The predicted octanol–water partition coefficient (Wildman–Crippen LogP) is 4.22. The molecule has 5 nitrogen and oxygen atoms in total. The maximum atomic E-state index is 12.7. The van der Waals surface area contributed by atoms with E-state index in [9.17, 15) is 4.57 Å². The molecule has 0 amide bonds. The van der Waals surface area contributed by atoms with Crippen LogP contribution < -0.4 is 9.01 Å². The molecular formula is C15H27NO4P+. The summed E-state index contributed by atoms with van der Waals surface area (Å²) < 4.78 is 29.7. The summed E-state index contributed by atoms with van der Waals surface area (Å²) in [5.74, 6) is 0.477. The minimum atomic E-state index is -3.63. The fourth-order valence-electron chi connectivity index (χ4n) is 1.67. The van der Waals surface area contributed by atoms with Crippen LogP contribution in [-0.4, -0.2) is 33.4 Å². The summed E-state index contributed by atoms with van der Waals surface area (Å²) in [4.78, 5) is 0. The molecule has 0 aliphatic rings. The molecule has 21 heavy (non-hydrogen) atoms. The Morgan fingerprint density at radius 1 is 1.00 bits per heavy atom. The van der Waals surface area contributed by atoms with Crippen LogP contribution in [0.1, 0.15) is 27.7 Å². The van der Waals surface area contributed by atoms with E-state index in [-0.39, 0.29) is 12.2 Å². The molecule has 0 aliphatic carbocycles. The molecule has 0 unspecified atom stereocenters. The quantitative estimate of drug-likeness (QED) is 0.558. The van der Waals surface area contributed by atoms with E-state index in [4.69, 9.17) is 13.6 Å². The number of hydrogen-bond acceptors (Lipinski definition) is 4. The van der Waals surface area contributed by atoms with Gasteiger partial charge in [0.05, 0.1) is 33.4 Å². The first kappa shape index (κ1) is 18.2. The third-order valence-electron chi connectivity index (χ3n) is 2.49. The van der Waals surface area contributed by atoms with Crippen molar-refractivity contribution in [3.63, 3.8) is 0 Å². The molecule has 0 aromatic heterocycles. The number of quaternary nitrogens is 1. The Morgan fingerprint density at radius 2 is 1.52 bits per heavy atom. The average molecular weight is 316 g/mol. The molecule has 0 saturated heterocycles.